The van der Waals surface area contributed by atoms with Crippen LogP contribution in [0.5, 0.6) is 0 Å². The summed E-state index contributed by atoms with van der Waals surface area (Å²) in [6.45, 7) is 1.77. The molecule has 0 bridgehead atoms. The Morgan fingerprint density at radius 2 is 2.05 bits per heavy atom. The number of rotatable bonds is 5. The van der Waals surface area contributed by atoms with Crippen LogP contribution in [0.1, 0.15) is 35.7 Å². The van der Waals surface area contributed by atoms with E-state index in [0.29, 0.717) is 12.7 Å². The minimum absolute atomic E-state index is 0.205. The lowest BCUT2D eigenvalue weighted by molar-refractivity contribution is -0.137. The zero-order valence-electron chi connectivity index (χ0n) is 11.9. The van der Waals surface area contributed by atoms with Crippen molar-refractivity contribution in [2.24, 2.45) is 11.7 Å². The summed E-state index contributed by atoms with van der Waals surface area (Å²) in [5.41, 5.74) is 4.01. The molecule has 2 amide bonds. The second kappa shape index (κ2) is 5.94. The highest BCUT2D eigenvalue weighted by Crippen LogP contribution is 2.32. The van der Waals surface area contributed by atoms with Gasteiger partial charge in [0.2, 0.25) is 5.91 Å². The number of amides is 2. The molecule has 1 aromatic rings. The predicted molar refractivity (Wildman–Crippen MR) is 71.7 cm³/mol. The molecule has 0 spiro atoms. The monoisotopic (exact) mass is 315 g/mol. The molecular formula is C14H16F3N3O2. The highest BCUT2D eigenvalue weighted by molar-refractivity contribution is 5.97. The summed E-state index contributed by atoms with van der Waals surface area (Å²) in [6.07, 6.45) is -1.02. The molecule has 0 unspecified atom stereocenters. The van der Waals surface area contributed by atoms with E-state index in [4.69, 9.17) is 5.73 Å². The number of nitrogens with zero attached hydrogens (tertiary/aromatic N) is 2. The van der Waals surface area contributed by atoms with Crippen LogP contribution in [0, 0.1) is 5.92 Å². The Balaban J connectivity index is 2.27. The lowest BCUT2D eigenvalue weighted by atomic mass is 10.1. The van der Waals surface area contributed by atoms with Gasteiger partial charge in [-0.15, -0.1) is 0 Å². The number of halogens is 3. The summed E-state index contributed by atoms with van der Waals surface area (Å²) in [6, 6.07) is -0.147. The average molecular weight is 315 g/mol. The lowest BCUT2D eigenvalue weighted by Gasteiger charge is -2.27. The number of hydrogen-bond acceptors (Lipinski definition) is 3. The molecule has 120 valence electrons. The van der Waals surface area contributed by atoms with Crippen LogP contribution in [0.3, 0.4) is 0 Å². The Morgan fingerprint density at radius 3 is 2.55 bits per heavy atom. The van der Waals surface area contributed by atoms with Crippen LogP contribution >= 0.6 is 0 Å². The van der Waals surface area contributed by atoms with Crippen LogP contribution in [-0.2, 0) is 11.0 Å². The SMILES string of the molecule is C[C@@H](C(N)=O)N(CC1CC1)C(=O)c1cncc(C(F)(F)F)c1. The van der Waals surface area contributed by atoms with Gasteiger partial charge in [-0.3, -0.25) is 14.6 Å². The van der Waals surface area contributed by atoms with Gasteiger partial charge in [0.25, 0.3) is 5.91 Å². The number of nitrogens with two attached hydrogens (primary N) is 1. The van der Waals surface area contributed by atoms with Crippen molar-refractivity contribution in [2.75, 3.05) is 6.54 Å². The molecule has 2 N–H and O–H groups in total. The van der Waals surface area contributed by atoms with Crippen LogP contribution in [0.15, 0.2) is 18.5 Å². The summed E-state index contributed by atoms with van der Waals surface area (Å²) in [4.78, 5) is 28.5. The van der Waals surface area contributed by atoms with Crippen molar-refractivity contribution in [3.8, 4) is 0 Å². The van der Waals surface area contributed by atoms with E-state index < -0.39 is 29.6 Å². The minimum atomic E-state index is -4.58. The molecule has 1 aromatic heterocycles. The molecule has 1 saturated carbocycles. The van der Waals surface area contributed by atoms with E-state index in [2.05, 4.69) is 4.98 Å². The van der Waals surface area contributed by atoms with Gasteiger partial charge in [-0.25, -0.2) is 0 Å². The highest BCUT2D eigenvalue weighted by atomic mass is 19.4. The predicted octanol–water partition coefficient (Wildman–Crippen LogP) is 1.83. The maximum atomic E-state index is 12.7. The molecular weight excluding hydrogens is 299 g/mol. The topological polar surface area (TPSA) is 76.3 Å². The largest absolute Gasteiger partial charge is 0.417 e. The second-order valence-electron chi connectivity index (χ2n) is 5.44. The van der Waals surface area contributed by atoms with Crippen molar-refractivity contribution < 1.29 is 22.8 Å². The summed E-state index contributed by atoms with van der Waals surface area (Å²) < 4.78 is 38.1. The van der Waals surface area contributed by atoms with Gasteiger partial charge in [0.15, 0.2) is 0 Å². The highest BCUT2D eigenvalue weighted by Gasteiger charge is 2.34. The maximum Gasteiger partial charge on any atom is 0.417 e. The molecule has 1 aliphatic carbocycles. The van der Waals surface area contributed by atoms with E-state index in [-0.39, 0.29) is 11.5 Å². The second-order valence-corrected chi connectivity index (χ2v) is 5.44. The first kappa shape index (κ1) is 16.3. The smallest absolute Gasteiger partial charge is 0.368 e. The molecule has 1 heterocycles. The maximum absolute atomic E-state index is 12.7. The zero-order chi connectivity index (χ0) is 16.5. The Morgan fingerprint density at radius 1 is 1.41 bits per heavy atom. The number of carbonyl (C=O) groups excluding carboxylic acids is 2. The number of alkyl halides is 3. The standard InChI is InChI=1S/C14H16F3N3O2/c1-8(12(18)21)20(7-9-2-3-9)13(22)10-4-11(6-19-5-10)14(15,16)17/h4-6,8-9H,2-3,7H2,1H3,(H2,18,21)/t8-/m0/s1. The van der Waals surface area contributed by atoms with Gasteiger partial charge in [0, 0.05) is 18.9 Å². The Kier molecular flexibility index (Phi) is 4.39. The van der Waals surface area contributed by atoms with Gasteiger partial charge in [0.05, 0.1) is 11.1 Å². The van der Waals surface area contributed by atoms with Crippen LogP contribution in [0.25, 0.3) is 0 Å². The van der Waals surface area contributed by atoms with Crippen molar-refractivity contribution in [2.45, 2.75) is 32.0 Å². The van der Waals surface area contributed by atoms with Crippen molar-refractivity contribution in [3.05, 3.63) is 29.6 Å². The number of carbonyl (C=O) groups is 2. The fraction of sp³-hybridized carbons (Fsp3) is 0.500. The van der Waals surface area contributed by atoms with Crippen LogP contribution in [0.4, 0.5) is 13.2 Å². The third-order valence-electron chi connectivity index (χ3n) is 3.60. The first-order valence-electron chi connectivity index (χ1n) is 6.82. The van der Waals surface area contributed by atoms with Gasteiger partial charge in [-0.2, -0.15) is 13.2 Å². The molecule has 1 fully saturated rings. The lowest BCUT2D eigenvalue weighted by Crippen LogP contribution is -2.47. The number of hydrogen-bond donors (Lipinski definition) is 1. The van der Waals surface area contributed by atoms with Crippen molar-refractivity contribution in [3.63, 3.8) is 0 Å². The Hall–Kier alpha value is -2.12. The zero-order valence-corrected chi connectivity index (χ0v) is 11.9. The van der Waals surface area contributed by atoms with Gasteiger partial charge in [-0.1, -0.05) is 0 Å². The summed E-state index contributed by atoms with van der Waals surface area (Å²) in [5, 5.41) is 0. The molecule has 1 aliphatic rings. The van der Waals surface area contributed by atoms with Gasteiger partial charge >= 0.3 is 6.18 Å². The van der Waals surface area contributed by atoms with Crippen molar-refractivity contribution in [1.82, 2.24) is 9.88 Å². The van der Waals surface area contributed by atoms with Gasteiger partial charge < -0.3 is 10.6 Å². The quantitative estimate of drug-likeness (QED) is 0.900. The third kappa shape index (κ3) is 3.75. The van der Waals surface area contributed by atoms with E-state index in [1.54, 1.807) is 0 Å². The first-order valence-corrected chi connectivity index (χ1v) is 6.82. The number of aromatic nitrogens is 1. The molecule has 2 rings (SSSR count). The number of primary amides is 1. The molecule has 22 heavy (non-hydrogen) atoms. The molecule has 5 nitrogen and oxygen atoms in total. The molecule has 1 atom stereocenters. The molecule has 0 aromatic carbocycles. The van der Waals surface area contributed by atoms with E-state index in [1.165, 1.54) is 11.8 Å². The fourth-order valence-corrected chi connectivity index (χ4v) is 2.03. The van der Waals surface area contributed by atoms with Crippen LogP contribution < -0.4 is 5.73 Å². The number of pyridine rings is 1. The first-order chi connectivity index (χ1) is 10.2. The van der Waals surface area contributed by atoms with Crippen LogP contribution in [-0.4, -0.2) is 34.3 Å². The third-order valence-corrected chi connectivity index (χ3v) is 3.60. The van der Waals surface area contributed by atoms with E-state index in [0.717, 1.165) is 25.1 Å². The summed E-state index contributed by atoms with van der Waals surface area (Å²) >= 11 is 0. The van der Waals surface area contributed by atoms with Gasteiger partial charge in [0.1, 0.15) is 6.04 Å². The molecule has 8 heteroatoms. The fourth-order valence-electron chi connectivity index (χ4n) is 2.03. The van der Waals surface area contributed by atoms with E-state index in [1.807, 2.05) is 0 Å². The van der Waals surface area contributed by atoms with Crippen LogP contribution in [0.2, 0.25) is 0 Å². The molecule has 0 saturated heterocycles. The Labute approximate surface area is 125 Å². The van der Waals surface area contributed by atoms with Crippen molar-refractivity contribution in [1.29, 1.82) is 0 Å². The molecule has 0 aliphatic heterocycles. The molecule has 0 radical (unpaired) electrons. The van der Waals surface area contributed by atoms with E-state index >= 15 is 0 Å². The minimum Gasteiger partial charge on any atom is -0.368 e. The average Bonchev–Trinajstić information content (AvgIpc) is 3.26. The van der Waals surface area contributed by atoms with Crippen molar-refractivity contribution >= 4 is 11.8 Å². The van der Waals surface area contributed by atoms with E-state index in [9.17, 15) is 22.8 Å². The van der Waals surface area contributed by atoms with Gasteiger partial charge in [-0.05, 0) is 31.7 Å². The summed E-state index contributed by atoms with van der Waals surface area (Å²) in [5.74, 6) is -1.10. The normalized spacial score (nSPS) is 16.2. The Bertz CT molecular complexity index is 585. The summed E-state index contributed by atoms with van der Waals surface area (Å²) in [7, 11) is 0.